The molecule has 0 aliphatic carbocycles. The lowest BCUT2D eigenvalue weighted by Crippen LogP contribution is -2.46. The van der Waals surface area contributed by atoms with Gasteiger partial charge in [0.25, 0.3) is 5.56 Å². The summed E-state index contributed by atoms with van der Waals surface area (Å²) in [6.45, 7) is 11.5. The van der Waals surface area contributed by atoms with Crippen molar-refractivity contribution < 1.29 is 4.74 Å². The number of H-pyrrole nitrogens is 1. The molecule has 1 aromatic carbocycles. The summed E-state index contributed by atoms with van der Waals surface area (Å²) in [6.07, 6.45) is 1.01. The third-order valence-electron chi connectivity index (χ3n) is 6.02. The van der Waals surface area contributed by atoms with Crippen molar-refractivity contribution in [1.82, 2.24) is 25.0 Å². The molecule has 1 fully saturated rings. The third-order valence-corrected chi connectivity index (χ3v) is 6.42. The maximum atomic E-state index is 12.9. The summed E-state index contributed by atoms with van der Waals surface area (Å²) in [4.78, 5) is 22.7. The first-order valence-corrected chi connectivity index (χ1v) is 11.9. The number of pyridine rings is 1. The van der Waals surface area contributed by atoms with Gasteiger partial charge in [0.05, 0.1) is 25.3 Å². The van der Waals surface area contributed by atoms with E-state index < -0.39 is 0 Å². The number of aromatic nitrogens is 1. The highest BCUT2D eigenvalue weighted by Gasteiger charge is 2.17. The summed E-state index contributed by atoms with van der Waals surface area (Å²) >= 11 is 5.75. The molecule has 2 N–H and O–H groups in total. The first-order chi connectivity index (χ1) is 15.3. The molecule has 1 aromatic heterocycles. The highest BCUT2D eigenvalue weighted by Crippen LogP contribution is 2.20. The number of rotatable bonds is 9. The molecule has 0 spiro atoms. The van der Waals surface area contributed by atoms with Crippen LogP contribution < -0.4 is 10.9 Å². The molecular formula is C24H37N5O2S. The number of morpholine rings is 1. The predicted molar refractivity (Wildman–Crippen MR) is 135 cm³/mol. The predicted octanol–water partition coefficient (Wildman–Crippen LogP) is 2.11. The Bertz CT molecular complexity index is 969. The van der Waals surface area contributed by atoms with E-state index in [4.69, 9.17) is 17.0 Å². The molecule has 1 aliphatic rings. The standard InChI is InChI=1S/C24H37N5O2S/c1-18-6-7-19(2)22-21(18)16-20(23(30)26-22)17-29(11-10-28-12-14-31-15-13-28)24(32)25-8-5-9-27(3)4/h6-7,16H,5,8-15,17H2,1-4H3,(H,25,32)(H,26,30). The lowest BCUT2D eigenvalue weighted by Gasteiger charge is -2.31. The molecule has 3 rings (SSSR count). The Balaban J connectivity index is 1.75. The van der Waals surface area contributed by atoms with Gasteiger partial charge >= 0.3 is 0 Å². The molecule has 1 saturated heterocycles. The fourth-order valence-corrected chi connectivity index (χ4v) is 4.24. The molecule has 2 aromatic rings. The van der Waals surface area contributed by atoms with Gasteiger partial charge in [0.2, 0.25) is 0 Å². The topological polar surface area (TPSA) is 63.8 Å². The Morgan fingerprint density at radius 3 is 2.62 bits per heavy atom. The maximum Gasteiger partial charge on any atom is 0.253 e. The quantitative estimate of drug-likeness (QED) is 0.440. The van der Waals surface area contributed by atoms with Crippen molar-refractivity contribution in [3.05, 3.63) is 45.2 Å². The van der Waals surface area contributed by atoms with E-state index in [1.54, 1.807) is 0 Å². The van der Waals surface area contributed by atoms with Gasteiger partial charge in [0, 0.05) is 43.7 Å². The summed E-state index contributed by atoms with van der Waals surface area (Å²) in [6, 6.07) is 6.19. The van der Waals surface area contributed by atoms with Crippen LogP contribution in [0.15, 0.2) is 23.0 Å². The van der Waals surface area contributed by atoms with Crippen molar-refractivity contribution in [3.8, 4) is 0 Å². The SMILES string of the molecule is Cc1ccc(C)c2[nH]c(=O)c(CN(CCN3CCOCC3)C(=S)NCCCN(C)C)cc12. The van der Waals surface area contributed by atoms with Crippen LogP contribution in [-0.2, 0) is 11.3 Å². The van der Waals surface area contributed by atoms with E-state index in [1.807, 2.05) is 13.0 Å². The summed E-state index contributed by atoms with van der Waals surface area (Å²) in [7, 11) is 4.14. The lowest BCUT2D eigenvalue weighted by atomic mass is 10.0. The van der Waals surface area contributed by atoms with Crippen LogP contribution in [0.1, 0.15) is 23.1 Å². The van der Waals surface area contributed by atoms with Crippen molar-refractivity contribution in [3.63, 3.8) is 0 Å². The van der Waals surface area contributed by atoms with Crippen molar-refractivity contribution >= 4 is 28.2 Å². The van der Waals surface area contributed by atoms with Crippen molar-refractivity contribution in [2.24, 2.45) is 0 Å². The molecule has 8 heteroatoms. The van der Waals surface area contributed by atoms with Crippen LogP contribution in [0, 0.1) is 13.8 Å². The molecule has 2 heterocycles. The Labute approximate surface area is 196 Å². The van der Waals surface area contributed by atoms with Crippen molar-refractivity contribution in [2.75, 3.05) is 66.6 Å². The van der Waals surface area contributed by atoms with Crippen molar-refractivity contribution in [2.45, 2.75) is 26.8 Å². The highest BCUT2D eigenvalue weighted by atomic mass is 32.1. The number of aromatic amines is 1. The third kappa shape index (κ3) is 6.75. The molecule has 0 radical (unpaired) electrons. The zero-order valence-electron chi connectivity index (χ0n) is 19.9. The van der Waals surface area contributed by atoms with Gasteiger partial charge in [-0.2, -0.15) is 0 Å². The van der Waals surface area contributed by atoms with Gasteiger partial charge in [-0.05, 0) is 70.3 Å². The molecule has 7 nitrogen and oxygen atoms in total. The monoisotopic (exact) mass is 459 g/mol. The van der Waals surface area contributed by atoms with Crippen LogP contribution >= 0.6 is 12.2 Å². The first-order valence-electron chi connectivity index (χ1n) is 11.4. The van der Waals surface area contributed by atoms with Gasteiger partial charge < -0.3 is 24.8 Å². The molecule has 1 aliphatic heterocycles. The van der Waals surface area contributed by atoms with Gasteiger partial charge in [-0.15, -0.1) is 0 Å². The van der Waals surface area contributed by atoms with Crippen LogP contribution in [0.25, 0.3) is 10.9 Å². The zero-order chi connectivity index (χ0) is 23.1. The fraction of sp³-hybridized carbons (Fsp3) is 0.583. The van der Waals surface area contributed by atoms with Crippen LogP contribution in [0.5, 0.6) is 0 Å². The largest absolute Gasteiger partial charge is 0.379 e. The first kappa shape index (κ1) is 24.6. The summed E-state index contributed by atoms with van der Waals surface area (Å²) in [5.41, 5.74) is 3.86. The molecule has 176 valence electrons. The van der Waals surface area contributed by atoms with E-state index in [1.165, 1.54) is 0 Å². The number of hydrogen-bond acceptors (Lipinski definition) is 5. The normalized spacial score (nSPS) is 14.8. The second-order valence-electron chi connectivity index (χ2n) is 8.88. The number of nitrogens with one attached hydrogen (secondary N) is 2. The maximum absolute atomic E-state index is 12.9. The lowest BCUT2D eigenvalue weighted by molar-refractivity contribution is 0.0357. The molecule has 0 amide bonds. The summed E-state index contributed by atoms with van der Waals surface area (Å²) in [5, 5.41) is 5.20. The smallest absolute Gasteiger partial charge is 0.253 e. The number of benzene rings is 1. The Hall–Kier alpha value is -2.00. The van der Waals surface area contributed by atoms with Gasteiger partial charge in [0.1, 0.15) is 0 Å². The minimum absolute atomic E-state index is 0.0435. The van der Waals surface area contributed by atoms with Crippen LogP contribution in [-0.4, -0.2) is 91.4 Å². The van der Waals surface area contributed by atoms with E-state index in [9.17, 15) is 4.79 Å². The number of fused-ring (bicyclic) bond motifs is 1. The Kier molecular flexibility index (Phi) is 9.04. The highest BCUT2D eigenvalue weighted by molar-refractivity contribution is 7.80. The van der Waals surface area contributed by atoms with Crippen molar-refractivity contribution in [1.29, 1.82) is 0 Å². The molecule has 0 saturated carbocycles. The van der Waals surface area contributed by atoms with E-state index in [0.29, 0.717) is 11.7 Å². The van der Waals surface area contributed by atoms with Gasteiger partial charge in [-0.1, -0.05) is 12.1 Å². The summed E-state index contributed by atoms with van der Waals surface area (Å²) < 4.78 is 5.47. The number of nitrogens with zero attached hydrogens (tertiary/aromatic N) is 3. The number of thiocarbonyl (C=S) groups is 1. The van der Waals surface area contributed by atoms with Crippen LogP contribution in [0.3, 0.4) is 0 Å². The van der Waals surface area contributed by atoms with E-state index in [2.05, 4.69) is 58.2 Å². The van der Waals surface area contributed by atoms with Gasteiger partial charge in [-0.25, -0.2) is 0 Å². The minimum Gasteiger partial charge on any atom is -0.379 e. The second-order valence-corrected chi connectivity index (χ2v) is 9.26. The van der Waals surface area contributed by atoms with Crippen LogP contribution in [0.4, 0.5) is 0 Å². The minimum atomic E-state index is -0.0435. The van der Waals surface area contributed by atoms with Gasteiger partial charge in [0.15, 0.2) is 5.11 Å². The molecular weight excluding hydrogens is 422 g/mol. The Morgan fingerprint density at radius 2 is 1.91 bits per heavy atom. The fourth-order valence-electron chi connectivity index (χ4n) is 3.98. The molecule has 32 heavy (non-hydrogen) atoms. The molecule has 0 bridgehead atoms. The molecule has 0 unspecified atom stereocenters. The zero-order valence-corrected chi connectivity index (χ0v) is 20.7. The second kappa shape index (κ2) is 11.7. The number of ether oxygens (including phenoxy) is 1. The number of hydrogen-bond donors (Lipinski definition) is 2. The van der Waals surface area contributed by atoms with Gasteiger partial charge in [-0.3, -0.25) is 9.69 Å². The van der Waals surface area contributed by atoms with E-state index in [0.717, 1.165) is 86.5 Å². The molecule has 0 atom stereocenters. The van der Waals surface area contributed by atoms with Crippen LogP contribution in [0.2, 0.25) is 0 Å². The summed E-state index contributed by atoms with van der Waals surface area (Å²) in [5.74, 6) is 0. The Morgan fingerprint density at radius 1 is 1.19 bits per heavy atom. The average molecular weight is 460 g/mol. The number of aryl methyl sites for hydroxylation is 2. The van der Waals surface area contributed by atoms with E-state index in [-0.39, 0.29) is 5.56 Å². The van der Waals surface area contributed by atoms with E-state index >= 15 is 0 Å². The average Bonchev–Trinajstić information content (AvgIpc) is 2.78.